The first kappa shape index (κ1) is 25.2. The molecule has 0 aliphatic carbocycles. The van der Waals surface area contributed by atoms with Crippen LogP contribution in [0, 0.1) is 11.7 Å². The molecule has 6 heteroatoms. The zero-order chi connectivity index (χ0) is 25.1. The van der Waals surface area contributed by atoms with Crippen LogP contribution >= 0.6 is 0 Å². The second-order valence-corrected chi connectivity index (χ2v) is 10.1. The van der Waals surface area contributed by atoms with E-state index in [-0.39, 0.29) is 17.8 Å². The van der Waals surface area contributed by atoms with Gasteiger partial charge in [0.2, 0.25) is 0 Å². The number of amides is 1. The van der Waals surface area contributed by atoms with Gasteiger partial charge in [-0.3, -0.25) is 4.79 Å². The monoisotopic (exact) mass is 478 g/mol. The summed E-state index contributed by atoms with van der Waals surface area (Å²) >= 11 is 0. The minimum absolute atomic E-state index is 0.0228. The van der Waals surface area contributed by atoms with Crippen molar-refractivity contribution in [2.45, 2.75) is 65.3 Å². The van der Waals surface area contributed by atoms with Gasteiger partial charge in [0.25, 0.3) is 5.91 Å². The van der Waals surface area contributed by atoms with Crippen LogP contribution in [-0.2, 0) is 4.79 Å². The molecule has 0 spiro atoms. The van der Waals surface area contributed by atoms with Crippen molar-refractivity contribution in [3.8, 4) is 0 Å². The summed E-state index contributed by atoms with van der Waals surface area (Å²) in [6.45, 7) is 13.3. The Hall–Kier alpha value is -2.89. The maximum Gasteiger partial charge on any atom is 0.272 e. The molecule has 35 heavy (non-hydrogen) atoms. The van der Waals surface area contributed by atoms with Gasteiger partial charge in [-0.1, -0.05) is 33.3 Å². The van der Waals surface area contributed by atoms with E-state index >= 15 is 4.39 Å². The van der Waals surface area contributed by atoms with Gasteiger partial charge in [0, 0.05) is 49.7 Å². The molecule has 1 aromatic rings. The van der Waals surface area contributed by atoms with Crippen LogP contribution in [0.4, 0.5) is 10.1 Å². The minimum atomic E-state index is -0.285. The summed E-state index contributed by atoms with van der Waals surface area (Å²) < 4.78 is 15.1. The Morgan fingerprint density at radius 1 is 1.23 bits per heavy atom. The zero-order valence-electron chi connectivity index (χ0n) is 21.7. The molecule has 1 aromatic carbocycles. The van der Waals surface area contributed by atoms with Crippen molar-refractivity contribution >= 4 is 22.9 Å². The van der Waals surface area contributed by atoms with E-state index in [4.69, 9.17) is 4.99 Å². The maximum atomic E-state index is 15.1. The number of carbonyl (C=O) groups is 1. The summed E-state index contributed by atoms with van der Waals surface area (Å²) in [5.74, 6) is 1.00. The number of aliphatic imine (C=N–C) groups is 1. The molecule has 3 aliphatic heterocycles. The highest BCUT2D eigenvalue weighted by atomic mass is 19.1. The number of allylic oxidation sites excluding steroid dienone is 3. The van der Waals surface area contributed by atoms with Gasteiger partial charge >= 0.3 is 0 Å². The van der Waals surface area contributed by atoms with Gasteiger partial charge in [0.05, 0.1) is 0 Å². The zero-order valence-corrected chi connectivity index (χ0v) is 21.7. The summed E-state index contributed by atoms with van der Waals surface area (Å²) in [6, 6.07) is 5.58. The lowest BCUT2D eigenvalue weighted by Crippen LogP contribution is -2.46. The fourth-order valence-corrected chi connectivity index (χ4v) is 5.17. The van der Waals surface area contributed by atoms with Gasteiger partial charge in [-0.25, -0.2) is 9.38 Å². The van der Waals surface area contributed by atoms with Crippen molar-refractivity contribution < 1.29 is 9.18 Å². The average molecular weight is 479 g/mol. The Balaban J connectivity index is 1.57. The largest absolute Gasteiger partial charge is 0.371 e. The van der Waals surface area contributed by atoms with Crippen LogP contribution in [0.15, 0.2) is 53.4 Å². The van der Waals surface area contributed by atoms with E-state index in [1.807, 2.05) is 29.0 Å². The fourth-order valence-electron chi connectivity index (χ4n) is 5.17. The van der Waals surface area contributed by atoms with Gasteiger partial charge in [-0.2, -0.15) is 0 Å². The summed E-state index contributed by atoms with van der Waals surface area (Å²) in [5.41, 5.74) is 3.37. The van der Waals surface area contributed by atoms with Crippen LogP contribution in [0.25, 0.3) is 5.57 Å². The average Bonchev–Trinajstić information content (AvgIpc) is 3.03. The molecule has 3 heterocycles. The highest BCUT2D eigenvalue weighted by Crippen LogP contribution is 2.31. The number of likely N-dealkylation sites (tertiary alicyclic amines) is 1. The first-order valence-electron chi connectivity index (χ1n) is 13.1. The van der Waals surface area contributed by atoms with E-state index in [2.05, 4.69) is 32.3 Å². The third-order valence-electron chi connectivity index (χ3n) is 7.71. The first-order chi connectivity index (χ1) is 16.8. The van der Waals surface area contributed by atoms with Crippen molar-refractivity contribution in [1.82, 2.24) is 9.80 Å². The molecule has 2 fully saturated rings. The molecule has 0 saturated carbocycles. The second kappa shape index (κ2) is 10.8. The van der Waals surface area contributed by atoms with Crippen LogP contribution in [0.3, 0.4) is 0 Å². The number of halogens is 1. The van der Waals surface area contributed by atoms with Gasteiger partial charge in [-0.05, 0) is 74.4 Å². The van der Waals surface area contributed by atoms with E-state index in [9.17, 15) is 4.79 Å². The third kappa shape index (κ3) is 5.36. The van der Waals surface area contributed by atoms with Crippen LogP contribution in [-0.4, -0.2) is 54.1 Å². The molecule has 1 atom stereocenters. The predicted molar refractivity (Wildman–Crippen MR) is 143 cm³/mol. The SMILES string of the molecule is C=C(/C=C1/N=C(C(=O)N2CCCCCC2C)C=C(CC)N1C)c1ccc(N2CC(CC)C2)cc1F. The summed E-state index contributed by atoms with van der Waals surface area (Å²) in [6.07, 6.45) is 9.97. The standard InChI is InChI=1S/C29H39FN4O/c1-6-22-18-33(19-22)24-12-13-25(26(30)16-24)20(3)15-28-31-27(17-23(7-2)32(28)5)29(35)34-14-10-8-9-11-21(34)4/h12-13,15-17,21-22H,3,6-11,14,18-19H2,1-2,4-5H3/b28-15-. The highest BCUT2D eigenvalue weighted by Gasteiger charge is 2.28. The molecule has 0 radical (unpaired) electrons. The van der Waals surface area contributed by atoms with Crippen molar-refractivity contribution in [1.29, 1.82) is 0 Å². The number of benzene rings is 1. The van der Waals surface area contributed by atoms with Gasteiger partial charge in [-0.15, -0.1) is 0 Å². The molecule has 0 bridgehead atoms. The molecule has 188 valence electrons. The van der Waals surface area contributed by atoms with Crippen molar-refractivity contribution in [3.63, 3.8) is 0 Å². The number of nitrogens with zero attached hydrogens (tertiary/aromatic N) is 4. The van der Waals surface area contributed by atoms with E-state index in [1.165, 1.54) is 0 Å². The number of anilines is 1. The first-order valence-corrected chi connectivity index (χ1v) is 13.1. The Kier molecular flexibility index (Phi) is 7.78. The second-order valence-electron chi connectivity index (χ2n) is 10.1. The molecular formula is C29H39FN4O. The van der Waals surface area contributed by atoms with Crippen LogP contribution in [0.2, 0.25) is 0 Å². The Morgan fingerprint density at radius 3 is 2.69 bits per heavy atom. The number of rotatable bonds is 6. The lowest BCUT2D eigenvalue weighted by molar-refractivity contribution is -0.125. The van der Waals surface area contributed by atoms with Crippen molar-refractivity contribution in [2.75, 3.05) is 31.6 Å². The Labute approximate surface area is 209 Å². The number of hydrogen-bond donors (Lipinski definition) is 0. The minimum Gasteiger partial charge on any atom is -0.371 e. The Bertz CT molecular complexity index is 1070. The number of carbonyl (C=O) groups excluding carboxylic acids is 1. The molecule has 5 nitrogen and oxygen atoms in total. The molecule has 4 rings (SSSR count). The lowest BCUT2D eigenvalue weighted by Gasteiger charge is -2.40. The van der Waals surface area contributed by atoms with Gasteiger partial charge in [0.1, 0.15) is 17.3 Å². The topological polar surface area (TPSA) is 39.2 Å². The van der Waals surface area contributed by atoms with Crippen LogP contribution in [0.1, 0.15) is 64.9 Å². The van der Waals surface area contributed by atoms with Crippen LogP contribution in [0.5, 0.6) is 0 Å². The predicted octanol–water partition coefficient (Wildman–Crippen LogP) is 6.00. The normalized spacial score (nSPS) is 22.5. The molecule has 3 aliphatic rings. The molecule has 2 saturated heterocycles. The maximum absolute atomic E-state index is 15.1. The van der Waals surface area contributed by atoms with Gasteiger partial charge < -0.3 is 14.7 Å². The smallest absolute Gasteiger partial charge is 0.272 e. The quantitative estimate of drug-likeness (QED) is 0.504. The lowest BCUT2D eigenvalue weighted by atomic mass is 9.96. The fraction of sp³-hybridized carbons (Fsp3) is 0.517. The molecule has 1 amide bonds. The molecule has 0 N–H and O–H groups in total. The van der Waals surface area contributed by atoms with E-state index < -0.39 is 0 Å². The highest BCUT2D eigenvalue weighted by molar-refractivity contribution is 6.43. The van der Waals surface area contributed by atoms with Crippen LogP contribution < -0.4 is 4.90 Å². The summed E-state index contributed by atoms with van der Waals surface area (Å²) in [5, 5.41) is 0. The summed E-state index contributed by atoms with van der Waals surface area (Å²) in [7, 11) is 1.93. The van der Waals surface area contributed by atoms with Gasteiger partial charge in [0.15, 0.2) is 0 Å². The van der Waals surface area contributed by atoms with Crippen molar-refractivity contribution in [3.05, 3.63) is 59.8 Å². The third-order valence-corrected chi connectivity index (χ3v) is 7.71. The summed E-state index contributed by atoms with van der Waals surface area (Å²) in [4.78, 5) is 24.3. The molecule has 1 unspecified atom stereocenters. The molecular weight excluding hydrogens is 439 g/mol. The van der Waals surface area contributed by atoms with E-state index in [0.29, 0.717) is 28.6 Å². The number of hydrogen-bond acceptors (Lipinski definition) is 4. The van der Waals surface area contributed by atoms with E-state index in [1.54, 1.807) is 18.2 Å². The van der Waals surface area contributed by atoms with Crippen molar-refractivity contribution in [2.24, 2.45) is 10.9 Å². The Morgan fingerprint density at radius 2 is 2.00 bits per heavy atom. The van der Waals surface area contributed by atoms with E-state index in [0.717, 1.165) is 69.5 Å². The molecule has 0 aromatic heterocycles.